The van der Waals surface area contributed by atoms with Crippen molar-refractivity contribution in [2.24, 2.45) is 5.41 Å². The molecule has 6 rings (SSSR count). The summed E-state index contributed by atoms with van der Waals surface area (Å²) in [4.78, 5) is 22.5. The molecule has 4 heterocycles. The zero-order valence-corrected chi connectivity index (χ0v) is 18.5. The minimum Gasteiger partial charge on any atom is -0.361 e. The van der Waals surface area contributed by atoms with Crippen LogP contribution in [-0.4, -0.2) is 62.2 Å². The largest absolute Gasteiger partial charge is 0.361 e. The third kappa shape index (κ3) is 3.24. The Morgan fingerprint density at radius 3 is 2.66 bits per heavy atom. The molecule has 3 fully saturated rings. The molecule has 0 bridgehead atoms. The number of benzene rings is 1. The average Bonchev–Trinajstić information content (AvgIpc) is 3.22. The van der Waals surface area contributed by atoms with E-state index in [9.17, 15) is 4.79 Å². The maximum absolute atomic E-state index is 13.2. The molecule has 32 heavy (non-hydrogen) atoms. The SMILES string of the molecule is Cc1noc(C)c1C(=O)N1CC2(CN(Cc3ccccc3)CC2c2nc(C3CC3)n[nH]2)C1. The van der Waals surface area contributed by atoms with E-state index < -0.39 is 0 Å². The van der Waals surface area contributed by atoms with Crippen LogP contribution in [0.2, 0.25) is 0 Å². The first-order chi connectivity index (χ1) is 15.5. The molecule has 1 atom stereocenters. The lowest BCUT2D eigenvalue weighted by atomic mass is 9.71. The van der Waals surface area contributed by atoms with E-state index in [4.69, 9.17) is 9.51 Å². The molecule has 1 N–H and O–H groups in total. The van der Waals surface area contributed by atoms with Crippen molar-refractivity contribution in [3.8, 4) is 0 Å². The van der Waals surface area contributed by atoms with Gasteiger partial charge in [0, 0.05) is 50.0 Å². The van der Waals surface area contributed by atoms with E-state index >= 15 is 0 Å². The molecule has 0 radical (unpaired) electrons. The van der Waals surface area contributed by atoms with Gasteiger partial charge < -0.3 is 9.42 Å². The third-order valence-corrected chi connectivity index (χ3v) is 7.31. The van der Waals surface area contributed by atoms with Gasteiger partial charge in [0.15, 0.2) is 5.82 Å². The number of aromatic amines is 1. The maximum atomic E-state index is 13.2. The van der Waals surface area contributed by atoms with E-state index in [1.54, 1.807) is 6.92 Å². The summed E-state index contributed by atoms with van der Waals surface area (Å²) in [6.07, 6.45) is 2.37. The number of H-pyrrole nitrogens is 1. The zero-order chi connectivity index (χ0) is 21.9. The predicted molar refractivity (Wildman–Crippen MR) is 117 cm³/mol. The second kappa shape index (κ2) is 7.27. The first-order valence-corrected chi connectivity index (χ1v) is 11.4. The molecule has 1 amide bonds. The van der Waals surface area contributed by atoms with Crippen LogP contribution in [0.5, 0.6) is 0 Å². The smallest absolute Gasteiger partial charge is 0.259 e. The average molecular weight is 433 g/mol. The lowest BCUT2D eigenvalue weighted by Gasteiger charge is -2.50. The van der Waals surface area contributed by atoms with Gasteiger partial charge in [0.25, 0.3) is 5.91 Å². The Bertz CT molecular complexity index is 1120. The van der Waals surface area contributed by atoms with Gasteiger partial charge in [-0.25, -0.2) is 4.98 Å². The van der Waals surface area contributed by atoms with E-state index in [1.165, 1.54) is 18.4 Å². The highest BCUT2D eigenvalue weighted by atomic mass is 16.5. The quantitative estimate of drug-likeness (QED) is 0.666. The van der Waals surface area contributed by atoms with Crippen LogP contribution < -0.4 is 0 Å². The van der Waals surface area contributed by atoms with Crippen molar-refractivity contribution in [3.63, 3.8) is 0 Å². The summed E-state index contributed by atoms with van der Waals surface area (Å²) in [5, 5.41) is 11.7. The van der Waals surface area contributed by atoms with Crippen molar-refractivity contribution in [2.75, 3.05) is 26.2 Å². The second-order valence-corrected chi connectivity index (χ2v) is 9.78. The van der Waals surface area contributed by atoms with Gasteiger partial charge >= 0.3 is 0 Å². The van der Waals surface area contributed by atoms with Crippen molar-refractivity contribution in [2.45, 2.75) is 45.1 Å². The summed E-state index contributed by atoms with van der Waals surface area (Å²) in [6, 6.07) is 10.6. The zero-order valence-electron chi connectivity index (χ0n) is 18.5. The van der Waals surface area contributed by atoms with Gasteiger partial charge in [-0.05, 0) is 32.3 Å². The minimum absolute atomic E-state index is 0.0102. The Hall–Kier alpha value is -3.00. The summed E-state index contributed by atoms with van der Waals surface area (Å²) >= 11 is 0. The molecule has 3 aliphatic rings. The van der Waals surface area contributed by atoms with Gasteiger partial charge in [0.1, 0.15) is 17.1 Å². The first kappa shape index (κ1) is 19.7. The van der Waals surface area contributed by atoms with Crippen LogP contribution in [0.1, 0.15) is 63.7 Å². The molecule has 1 saturated carbocycles. The fraction of sp³-hybridized carbons (Fsp3) is 0.500. The lowest BCUT2D eigenvalue weighted by Crippen LogP contribution is -2.61. The van der Waals surface area contributed by atoms with E-state index in [0.29, 0.717) is 36.0 Å². The number of rotatable bonds is 5. The summed E-state index contributed by atoms with van der Waals surface area (Å²) in [6.45, 7) is 7.82. The number of amides is 1. The lowest BCUT2D eigenvalue weighted by molar-refractivity contribution is 0.00162. The molecule has 2 aliphatic heterocycles. The molecule has 8 heteroatoms. The molecule has 8 nitrogen and oxygen atoms in total. The first-order valence-electron chi connectivity index (χ1n) is 11.4. The van der Waals surface area contributed by atoms with E-state index in [2.05, 4.69) is 50.6 Å². The number of aryl methyl sites for hydroxylation is 2. The molecular formula is C24H28N6O2. The standard InChI is InChI=1S/C24H28N6O2/c1-15-20(16(2)32-28-15)23(31)30-13-24(14-30)12-29(10-17-6-4-3-5-7-17)11-19(24)22-25-21(26-27-22)18-8-9-18/h3-7,18-19H,8-14H2,1-2H3,(H,25,26,27). The molecule has 2 saturated heterocycles. The third-order valence-electron chi connectivity index (χ3n) is 7.31. The number of aromatic nitrogens is 4. The molecule has 1 aromatic carbocycles. The van der Waals surface area contributed by atoms with Crippen LogP contribution in [0.25, 0.3) is 0 Å². The van der Waals surface area contributed by atoms with E-state index in [0.717, 1.165) is 31.3 Å². The Labute approximate surface area is 187 Å². The van der Waals surface area contributed by atoms with E-state index in [1.807, 2.05) is 11.8 Å². The molecule has 2 aromatic heterocycles. The number of hydrogen-bond donors (Lipinski definition) is 1. The molecule has 3 aromatic rings. The fourth-order valence-electron chi connectivity index (χ4n) is 5.50. The Kier molecular flexibility index (Phi) is 4.47. The van der Waals surface area contributed by atoms with Gasteiger partial charge in [-0.2, -0.15) is 5.10 Å². The van der Waals surface area contributed by atoms with Gasteiger partial charge in [0.05, 0.1) is 5.69 Å². The topological polar surface area (TPSA) is 91.2 Å². The van der Waals surface area contributed by atoms with Gasteiger partial charge in [-0.15, -0.1) is 0 Å². The van der Waals surface area contributed by atoms with Gasteiger partial charge in [0.2, 0.25) is 0 Å². The summed E-state index contributed by atoms with van der Waals surface area (Å²) < 4.78 is 5.23. The van der Waals surface area contributed by atoms with Crippen LogP contribution >= 0.6 is 0 Å². The van der Waals surface area contributed by atoms with Crippen LogP contribution in [0.15, 0.2) is 34.9 Å². The fourth-order valence-corrected chi connectivity index (χ4v) is 5.50. The molecule has 1 aliphatic carbocycles. The Morgan fingerprint density at radius 2 is 1.97 bits per heavy atom. The van der Waals surface area contributed by atoms with Gasteiger partial charge in [-0.3, -0.25) is 14.8 Å². The van der Waals surface area contributed by atoms with Crippen molar-refractivity contribution in [3.05, 3.63) is 64.6 Å². The maximum Gasteiger partial charge on any atom is 0.259 e. The van der Waals surface area contributed by atoms with E-state index in [-0.39, 0.29) is 17.2 Å². The molecule has 1 spiro atoms. The minimum atomic E-state index is -0.0102. The van der Waals surface area contributed by atoms with Crippen LogP contribution in [-0.2, 0) is 6.54 Å². The van der Waals surface area contributed by atoms with Crippen molar-refractivity contribution in [1.82, 2.24) is 30.1 Å². The highest BCUT2D eigenvalue weighted by Crippen LogP contribution is 2.49. The highest BCUT2D eigenvalue weighted by Gasteiger charge is 2.57. The number of hydrogen-bond acceptors (Lipinski definition) is 6. The number of likely N-dealkylation sites (tertiary alicyclic amines) is 2. The molecule has 1 unspecified atom stereocenters. The van der Waals surface area contributed by atoms with Crippen LogP contribution in [0.4, 0.5) is 0 Å². The monoisotopic (exact) mass is 432 g/mol. The number of nitrogens with one attached hydrogen (secondary N) is 1. The predicted octanol–water partition coefficient (Wildman–Crippen LogP) is 3.03. The summed E-state index contributed by atoms with van der Waals surface area (Å²) in [7, 11) is 0. The molecule has 166 valence electrons. The summed E-state index contributed by atoms with van der Waals surface area (Å²) in [5.74, 6) is 3.30. The number of carbonyl (C=O) groups excluding carboxylic acids is 1. The normalized spacial score (nSPS) is 22.4. The number of nitrogens with zero attached hydrogens (tertiary/aromatic N) is 5. The molecular weight excluding hydrogens is 404 g/mol. The van der Waals surface area contributed by atoms with Crippen molar-refractivity contribution >= 4 is 5.91 Å². The second-order valence-electron chi connectivity index (χ2n) is 9.78. The van der Waals surface area contributed by atoms with Crippen molar-refractivity contribution < 1.29 is 9.32 Å². The van der Waals surface area contributed by atoms with Crippen molar-refractivity contribution in [1.29, 1.82) is 0 Å². The summed E-state index contributed by atoms with van der Waals surface area (Å²) in [5.41, 5.74) is 2.56. The Balaban J connectivity index is 1.24. The highest BCUT2D eigenvalue weighted by molar-refractivity contribution is 5.96. The number of carbonyl (C=O) groups is 1. The van der Waals surface area contributed by atoms with Crippen LogP contribution in [0, 0.1) is 19.3 Å². The van der Waals surface area contributed by atoms with Gasteiger partial charge in [-0.1, -0.05) is 35.5 Å². The Morgan fingerprint density at radius 1 is 1.19 bits per heavy atom. The van der Waals surface area contributed by atoms with Crippen LogP contribution in [0.3, 0.4) is 0 Å².